The van der Waals surface area contributed by atoms with Gasteiger partial charge in [-0.15, -0.1) is 0 Å². The molecule has 0 aliphatic rings. The van der Waals surface area contributed by atoms with Gasteiger partial charge >= 0.3 is 0 Å². The minimum absolute atomic E-state index is 1.06. The van der Waals surface area contributed by atoms with Gasteiger partial charge in [0.25, 0.3) is 0 Å². The smallest absolute Gasteiger partial charge is 0.0398 e. The van der Waals surface area contributed by atoms with Crippen LogP contribution < -0.4 is 0 Å². The van der Waals surface area contributed by atoms with Crippen LogP contribution in [0.2, 0.25) is 0 Å². The highest BCUT2D eigenvalue weighted by Gasteiger charge is 1.78. The van der Waals surface area contributed by atoms with Gasteiger partial charge in [0.2, 0.25) is 0 Å². The highest BCUT2D eigenvalue weighted by molar-refractivity contribution is 5.29. The molecule has 0 atom stereocenters. The van der Waals surface area contributed by atoms with Gasteiger partial charge in [-0.2, -0.15) is 0 Å². The molecular formula is C15H20. The summed E-state index contributed by atoms with van der Waals surface area (Å²) in [6, 6.07) is 0. The van der Waals surface area contributed by atoms with Gasteiger partial charge in [0.05, 0.1) is 0 Å². The number of allylic oxidation sites excluding steroid dienone is 10. The lowest BCUT2D eigenvalue weighted by Gasteiger charge is -1.88. The fourth-order valence-corrected chi connectivity index (χ4v) is 0.839. The minimum Gasteiger partial charge on any atom is -0.0988 e. The van der Waals surface area contributed by atoms with E-state index in [2.05, 4.69) is 32.2 Å². The molecule has 0 bridgehead atoms. The highest BCUT2D eigenvalue weighted by atomic mass is 13.9. The van der Waals surface area contributed by atoms with Crippen molar-refractivity contribution < 1.29 is 0 Å². The molecule has 15 heavy (non-hydrogen) atoms. The number of hydrogen-bond donors (Lipinski definition) is 0. The Balaban J connectivity index is 4.30. The molecule has 0 fully saturated rings. The quantitative estimate of drug-likeness (QED) is 0.562. The van der Waals surface area contributed by atoms with Crippen molar-refractivity contribution in [2.75, 3.05) is 0 Å². The molecule has 80 valence electrons. The molecule has 0 heteroatoms. The first-order chi connectivity index (χ1) is 7.06. The van der Waals surface area contributed by atoms with Crippen LogP contribution in [0.5, 0.6) is 0 Å². The first-order valence-corrected chi connectivity index (χ1v) is 5.04. The first kappa shape index (κ1) is 13.4. The largest absolute Gasteiger partial charge is 0.0988 e. The molecule has 0 rings (SSSR count). The van der Waals surface area contributed by atoms with Crippen LogP contribution in [0.25, 0.3) is 0 Å². The molecule has 0 aliphatic heterocycles. The Hall–Kier alpha value is -1.56. The van der Waals surface area contributed by atoms with Crippen LogP contribution in [0, 0.1) is 0 Å². The van der Waals surface area contributed by atoms with E-state index < -0.39 is 0 Å². The fourth-order valence-electron chi connectivity index (χ4n) is 0.839. The van der Waals surface area contributed by atoms with E-state index in [1.54, 1.807) is 0 Å². The Labute approximate surface area is 93.7 Å². The van der Waals surface area contributed by atoms with Crippen LogP contribution in [0.1, 0.15) is 20.8 Å². The lowest BCUT2D eigenvalue weighted by atomic mass is 10.2. The van der Waals surface area contributed by atoms with E-state index in [1.165, 1.54) is 5.57 Å². The molecule has 0 amide bonds. The maximum absolute atomic E-state index is 3.79. The maximum atomic E-state index is 3.79. The van der Waals surface area contributed by atoms with Gasteiger partial charge < -0.3 is 0 Å². The molecule has 0 aromatic heterocycles. The van der Waals surface area contributed by atoms with Gasteiger partial charge in [-0.25, -0.2) is 0 Å². The summed E-state index contributed by atoms with van der Waals surface area (Å²) in [5.74, 6) is 0. The molecule has 0 saturated carbocycles. The molecule has 0 heterocycles. The van der Waals surface area contributed by atoms with E-state index in [9.17, 15) is 0 Å². The van der Waals surface area contributed by atoms with Gasteiger partial charge in [0, 0.05) is 0 Å². The van der Waals surface area contributed by atoms with E-state index in [0.717, 1.165) is 11.1 Å². The van der Waals surface area contributed by atoms with Gasteiger partial charge in [-0.05, 0) is 20.8 Å². The average Bonchev–Trinajstić information content (AvgIpc) is 2.17. The molecular weight excluding hydrogens is 180 g/mol. The molecule has 0 aromatic rings. The lowest BCUT2D eigenvalue weighted by Crippen LogP contribution is -1.67. The molecule has 0 aromatic carbocycles. The SMILES string of the molecule is C=CC(C)=CC=CC(C)=CC=CC(=C)C. The predicted octanol–water partition coefficient (Wildman–Crippen LogP) is 4.75. The van der Waals surface area contributed by atoms with E-state index in [-0.39, 0.29) is 0 Å². The summed E-state index contributed by atoms with van der Waals surface area (Å²) in [7, 11) is 0. The van der Waals surface area contributed by atoms with Crippen LogP contribution >= 0.6 is 0 Å². The second kappa shape index (κ2) is 7.81. The summed E-state index contributed by atoms with van der Waals surface area (Å²) < 4.78 is 0. The summed E-state index contributed by atoms with van der Waals surface area (Å²) in [6.45, 7) is 13.6. The maximum Gasteiger partial charge on any atom is -0.0398 e. The third-order valence-corrected chi connectivity index (χ3v) is 1.78. The first-order valence-electron chi connectivity index (χ1n) is 5.04. The van der Waals surface area contributed by atoms with Crippen molar-refractivity contribution in [2.45, 2.75) is 20.8 Å². The van der Waals surface area contributed by atoms with Crippen molar-refractivity contribution in [3.8, 4) is 0 Å². The van der Waals surface area contributed by atoms with Gasteiger partial charge in [-0.1, -0.05) is 72.4 Å². The van der Waals surface area contributed by atoms with Crippen molar-refractivity contribution in [1.29, 1.82) is 0 Å². The van der Waals surface area contributed by atoms with Crippen molar-refractivity contribution in [2.24, 2.45) is 0 Å². The number of rotatable bonds is 5. The fraction of sp³-hybridized carbons (Fsp3) is 0.200. The molecule has 0 N–H and O–H groups in total. The summed E-state index contributed by atoms with van der Waals surface area (Å²) in [5.41, 5.74) is 3.43. The van der Waals surface area contributed by atoms with Gasteiger partial charge in [-0.3, -0.25) is 0 Å². The topological polar surface area (TPSA) is 0 Å². The summed E-state index contributed by atoms with van der Waals surface area (Å²) in [5, 5.41) is 0. The third kappa shape index (κ3) is 8.76. The normalized spacial score (nSPS) is 13.8. The van der Waals surface area contributed by atoms with Crippen molar-refractivity contribution in [3.05, 3.63) is 72.4 Å². The Morgan fingerprint density at radius 1 is 0.867 bits per heavy atom. The van der Waals surface area contributed by atoms with Crippen LogP contribution in [-0.2, 0) is 0 Å². The molecule has 0 radical (unpaired) electrons. The molecule has 0 aliphatic carbocycles. The summed E-state index contributed by atoms with van der Waals surface area (Å²) in [4.78, 5) is 0. The van der Waals surface area contributed by atoms with Gasteiger partial charge in [0.15, 0.2) is 0 Å². The van der Waals surface area contributed by atoms with Gasteiger partial charge in [0.1, 0.15) is 0 Å². The van der Waals surface area contributed by atoms with Crippen molar-refractivity contribution in [3.63, 3.8) is 0 Å². The summed E-state index contributed by atoms with van der Waals surface area (Å²) >= 11 is 0. The van der Waals surface area contributed by atoms with E-state index in [4.69, 9.17) is 0 Å². The average molecular weight is 200 g/mol. The molecule has 0 saturated heterocycles. The zero-order chi connectivity index (χ0) is 11.7. The van der Waals surface area contributed by atoms with Crippen LogP contribution in [0.15, 0.2) is 72.4 Å². The second-order valence-electron chi connectivity index (χ2n) is 3.59. The highest BCUT2D eigenvalue weighted by Crippen LogP contribution is 1.99. The minimum atomic E-state index is 1.06. The Kier molecular flexibility index (Phi) is 7.00. The predicted molar refractivity (Wildman–Crippen MR) is 70.8 cm³/mol. The molecule has 0 spiro atoms. The summed E-state index contributed by atoms with van der Waals surface area (Å²) in [6.07, 6.45) is 14.0. The second-order valence-corrected chi connectivity index (χ2v) is 3.59. The Bertz CT molecular complexity index is 333. The molecule has 0 nitrogen and oxygen atoms in total. The Morgan fingerprint density at radius 2 is 1.40 bits per heavy atom. The standard InChI is InChI=1S/C15H20/c1-6-14(4)10-8-12-15(5)11-7-9-13(2)3/h6-12H,1-2H2,3-5H3. The third-order valence-electron chi connectivity index (χ3n) is 1.78. The Morgan fingerprint density at radius 3 is 1.93 bits per heavy atom. The van der Waals surface area contributed by atoms with E-state index in [0.29, 0.717) is 0 Å². The van der Waals surface area contributed by atoms with Crippen molar-refractivity contribution in [1.82, 2.24) is 0 Å². The number of hydrogen-bond acceptors (Lipinski definition) is 0. The lowest BCUT2D eigenvalue weighted by molar-refractivity contribution is 1.49. The van der Waals surface area contributed by atoms with Crippen LogP contribution in [-0.4, -0.2) is 0 Å². The van der Waals surface area contributed by atoms with Crippen LogP contribution in [0.4, 0.5) is 0 Å². The van der Waals surface area contributed by atoms with E-state index >= 15 is 0 Å². The molecule has 0 unspecified atom stereocenters. The van der Waals surface area contributed by atoms with E-state index in [1.807, 2.05) is 44.2 Å². The zero-order valence-corrected chi connectivity index (χ0v) is 9.96. The zero-order valence-electron chi connectivity index (χ0n) is 9.96. The van der Waals surface area contributed by atoms with Crippen LogP contribution in [0.3, 0.4) is 0 Å². The van der Waals surface area contributed by atoms with Crippen molar-refractivity contribution >= 4 is 0 Å². The monoisotopic (exact) mass is 200 g/mol.